The van der Waals surface area contributed by atoms with Gasteiger partial charge in [-0.3, -0.25) is 4.79 Å². The van der Waals surface area contributed by atoms with Gasteiger partial charge in [0, 0.05) is 11.5 Å². The molecule has 2 rings (SSSR count). The van der Waals surface area contributed by atoms with Crippen LogP contribution in [0, 0.1) is 11.8 Å². The Labute approximate surface area is 110 Å². The van der Waals surface area contributed by atoms with E-state index in [4.69, 9.17) is 5.73 Å². The minimum absolute atomic E-state index is 0. The first kappa shape index (κ1) is 14.8. The highest BCUT2D eigenvalue weighted by Gasteiger charge is 2.36. The fraction of sp³-hybridized carbons (Fsp3) is 0.923. The zero-order valence-electron chi connectivity index (χ0n) is 10.7. The van der Waals surface area contributed by atoms with Crippen molar-refractivity contribution in [1.82, 2.24) is 5.32 Å². The number of rotatable bonds is 3. The van der Waals surface area contributed by atoms with E-state index in [0.29, 0.717) is 12.5 Å². The molecule has 1 amide bonds. The average molecular weight is 261 g/mol. The molecule has 0 aliphatic heterocycles. The van der Waals surface area contributed by atoms with Crippen LogP contribution in [0.3, 0.4) is 0 Å². The number of carbonyl (C=O) groups is 1. The highest BCUT2D eigenvalue weighted by molar-refractivity contribution is 5.85. The molecule has 0 bridgehead atoms. The van der Waals surface area contributed by atoms with Gasteiger partial charge in [0.1, 0.15) is 0 Å². The van der Waals surface area contributed by atoms with Crippen molar-refractivity contribution in [2.75, 3.05) is 6.54 Å². The molecule has 17 heavy (non-hydrogen) atoms. The maximum Gasteiger partial charge on any atom is 0.223 e. The third-order valence-corrected chi connectivity index (χ3v) is 4.43. The van der Waals surface area contributed by atoms with E-state index in [2.05, 4.69) is 12.2 Å². The number of hydrogen-bond donors (Lipinski definition) is 2. The monoisotopic (exact) mass is 260 g/mol. The van der Waals surface area contributed by atoms with Gasteiger partial charge in [-0.1, -0.05) is 19.3 Å². The van der Waals surface area contributed by atoms with E-state index in [1.54, 1.807) is 0 Å². The third-order valence-electron chi connectivity index (χ3n) is 4.43. The van der Waals surface area contributed by atoms with Crippen LogP contribution in [-0.4, -0.2) is 18.0 Å². The van der Waals surface area contributed by atoms with Crippen LogP contribution in [-0.2, 0) is 4.79 Å². The first-order valence-electron chi connectivity index (χ1n) is 6.67. The Kier molecular flexibility index (Phi) is 5.26. The van der Waals surface area contributed by atoms with E-state index >= 15 is 0 Å². The quantitative estimate of drug-likeness (QED) is 0.818. The Bertz CT molecular complexity index is 264. The van der Waals surface area contributed by atoms with Crippen LogP contribution in [0.5, 0.6) is 0 Å². The van der Waals surface area contributed by atoms with Crippen molar-refractivity contribution >= 4 is 18.3 Å². The van der Waals surface area contributed by atoms with Gasteiger partial charge in [0.2, 0.25) is 5.91 Å². The number of nitrogens with two attached hydrogens (primary N) is 1. The Morgan fingerprint density at radius 2 is 1.94 bits per heavy atom. The normalized spacial score (nSPS) is 30.9. The first-order valence-corrected chi connectivity index (χ1v) is 6.67. The Morgan fingerprint density at radius 1 is 1.29 bits per heavy atom. The summed E-state index contributed by atoms with van der Waals surface area (Å²) in [6.07, 6.45) is 8.10. The highest BCUT2D eigenvalue weighted by Crippen LogP contribution is 2.34. The summed E-state index contributed by atoms with van der Waals surface area (Å²) < 4.78 is 0. The lowest BCUT2D eigenvalue weighted by atomic mass is 9.93. The number of nitrogens with one attached hydrogen (secondary N) is 1. The summed E-state index contributed by atoms with van der Waals surface area (Å²) in [6.45, 7) is 2.85. The molecule has 0 unspecified atom stereocenters. The summed E-state index contributed by atoms with van der Waals surface area (Å²) in [5.74, 6) is 0.866. The standard InChI is InChI=1S/C13H24N2O.ClH/c1-13(7-2-3-8-13)15-12(16)11-6-4-5-10(11)9-14;/h10-11H,2-9,14H2,1H3,(H,15,16);1H/t10-,11-;/m1./s1. The maximum atomic E-state index is 12.2. The van der Waals surface area contributed by atoms with E-state index in [-0.39, 0.29) is 29.8 Å². The van der Waals surface area contributed by atoms with Gasteiger partial charge in [-0.2, -0.15) is 0 Å². The summed E-state index contributed by atoms with van der Waals surface area (Å²) >= 11 is 0. The summed E-state index contributed by atoms with van der Waals surface area (Å²) in [7, 11) is 0. The predicted molar refractivity (Wildman–Crippen MR) is 72.1 cm³/mol. The molecular formula is C13H25ClN2O. The number of carbonyl (C=O) groups excluding carboxylic acids is 1. The van der Waals surface area contributed by atoms with Crippen molar-refractivity contribution in [1.29, 1.82) is 0 Å². The van der Waals surface area contributed by atoms with Crippen LogP contribution in [0.25, 0.3) is 0 Å². The zero-order chi connectivity index (χ0) is 11.6. The van der Waals surface area contributed by atoms with Crippen LogP contribution in [0.15, 0.2) is 0 Å². The molecule has 3 nitrogen and oxygen atoms in total. The van der Waals surface area contributed by atoms with Crippen LogP contribution >= 0.6 is 12.4 Å². The second-order valence-electron chi connectivity index (χ2n) is 5.79. The molecule has 2 fully saturated rings. The molecule has 2 aliphatic rings. The minimum Gasteiger partial charge on any atom is -0.351 e. The average Bonchev–Trinajstić information content (AvgIpc) is 2.85. The summed E-state index contributed by atoms with van der Waals surface area (Å²) in [5, 5.41) is 3.27. The van der Waals surface area contributed by atoms with E-state index in [9.17, 15) is 4.79 Å². The molecule has 0 saturated heterocycles. The van der Waals surface area contributed by atoms with Crippen LogP contribution in [0.1, 0.15) is 51.9 Å². The van der Waals surface area contributed by atoms with Gasteiger partial charge in [-0.15, -0.1) is 12.4 Å². The molecule has 3 N–H and O–H groups in total. The lowest BCUT2D eigenvalue weighted by Gasteiger charge is -2.28. The maximum absolute atomic E-state index is 12.2. The molecule has 0 radical (unpaired) electrons. The lowest BCUT2D eigenvalue weighted by molar-refractivity contribution is -0.127. The summed E-state index contributed by atoms with van der Waals surface area (Å²) in [5.41, 5.74) is 5.79. The van der Waals surface area contributed by atoms with E-state index < -0.39 is 0 Å². The van der Waals surface area contributed by atoms with Crippen LogP contribution in [0.4, 0.5) is 0 Å². The molecule has 2 atom stereocenters. The number of halogens is 1. The van der Waals surface area contributed by atoms with Gasteiger partial charge in [-0.25, -0.2) is 0 Å². The van der Waals surface area contributed by atoms with Crippen molar-refractivity contribution in [2.45, 2.75) is 57.4 Å². The Balaban J connectivity index is 0.00000144. The van der Waals surface area contributed by atoms with Crippen LogP contribution in [0.2, 0.25) is 0 Å². The Morgan fingerprint density at radius 3 is 2.53 bits per heavy atom. The largest absolute Gasteiger partial charge is 0.351 e. The lowest BCUT2D eigenvalue weighted by Crippen LogP contribution is -2.47. The van der Waals surface area contributed by atoms with Crippen molar-refractivity contribution in [3.05, 3.63) is 0 Å². The van der Waals surface area contributed by atoms with E-state index in [1.165, 1.54) is 12.8 Å². The molecule has 0 aromatic rings. The first-order chi connectivity index (χ1) is 7.64. The van der Waals surface area contributed by atoms with E-state index in [0.717, 1.165) is 32.1 Å². The van der Waals surface area contributed by atoms with Crippen molar-refractivity contribution in [3.8, 4) is 0 Å². The Hall–Kier alpha value is -0.280. The van der Waals surface area contributed by atoms with Gasteiger partial charge in [0.25, 0.3) is 0 Å². The molecule has 4 heteroatoms. The van der Waals surface area contributed by atoms with E-state index in [1.807, 2.05) is 0 Å². The molecular weight excluding hydrogens is 236 g/mol. The number of amides is 1. The second-order valence-corrected chi connectivity index (χ2v) is 5.79. The van der Waals surface area contributed by atoms with Crippen molar-refractivity contribution in [3.63, 3.8) is 0 Å². The van der Waals surface area contributed by atoms with Gasteiger partial charge in [0.05, 0.1) is 0 Å². The predicted octanol–water partition coefficient (Wildman–Crippen LogP) is 2.23. The molecule has 0 heterocycles. The van der Waals surface area contributed by atoms with Gasteiger partial charge >= 0.3 is 0 Å². The fourth-order valence-electron chi connectivity index (χ4n) is 3.33. The zero-order valence-corrected chi connectivity index (χ0v) is 11.5. The molecule has 0 spiro atoms. The number of hydrogen-bond acceptors (Lipinski definition) is 2. The highest BCUT2D eigenvalue weighted by atomic mass is 35.5. The van der Waals surface area contributed by atoms with Gasteiger partial charge in [0.15, 0.2) is 0 Å². The second kappa shape index (κ2) is 6.05. The molecule has 2 aliphatic carbocycles. The van der Waals surface area contributed by atoms with Gasteiger partial charge < -0.3 is 11.1 Å². The SMILES string of the molecule is CC1(NC(=O)[C@@H]2CCC[C@@H]2CN)CCCC1.Cl. The fourth-order valence-corrected chi connectivity index (χ4v) is 3.33. The molecule has 2 saturated carbocycles. The summed E-state index contributed by atoms with van der Waals surface area (Å²) in [6, 6.07) is 0. The molecule has 100 valence electrons. The van der Waals surface area contributed by atoms with Crippen molar-refractivity contribution in [2.24, 2.45) is 17.6 Å². The minimum atomic E-state index is 0. The van der Waals surface area contributed by atoms with Gasteiger partial charge in [-0.05, 0) is 45.1 Å². The van der Waals surface area contributed by atoms with Crippen LogP contribution < -0.4 is 11.1 Å². The summed E-state index contributed by atoms with van der Waals surface area (Å²) in [4.78, 5) is 12.2. The molecule has 0 aromatic heterocycles. The van der Waals surface area contributed by atoms with Crippen molar-refractivity contribution < 1.29 is 4.79 Å². The topological polar surface area (TPSA) is 55.1 Å². The molecule has 0 aromatic carbocycles. The third kappa shape index (κ3) is 3.35. The smallest absolute Gasteiger partial charge is 0.223 e.